The number of amides is 2. The molecule has 2 aromatic rings. The fourth-order valence-electron chi connectivity index (χ4n) is 3.91. The van der Waals surface area contributed by atoms with Crippen molar-refractivity contribution in [3.63, 3.8) is 0 Å². The van der Waals surface area contributed by atoms with Gasteiger partial charge in [0, 0.05) is 29.2 Å². The van der Waals surface area contributed by atoms with Gasteiger partial charge in [0.2, 0.25) is 28.6 Å². The number of ether oxygens (including phenoxy) is 2. The number of carbonyl (C=O) groups is 2. The standard InChI is InChI=1S/C25H31Cl2N3O6S/c1-4-6-11-28-25(32)21(5-2)29(14-17-7-8-18(26)12-20(17)27)24(31)15-30(37(3,33)34)19-9-10-22-23(13-19)36-16-35-22/h7-10,12-13,21H,4-6,11,14-16H2,1-3H3,(H,28,32)/t21-/m1/s1. The minimum absolute atomic E-state index is 0.00667. The van der Waals surface area contributed by atoms with E-state index in [-0.39, 0.29) is 24.9 Å². The van der Waals surface area contributed by atoms with Gasteiger partial charge in [-0.1, -0.05) is 49.5 Å². The molecule has 202 valence electrons. The average Bonchev–Trinajstić information content (AvgIpc) is 3.31. The Bertz CT molecular complexity index is 1240. The third-order valence-electron chi connectivity index (χ3n) is 5.89. The van der Waals surface area contributed by atoms with Gasteiger partial charge >= 0.3 is 0 Å². The first-order valence-corrected chi connectivity index (χ1v) is 14.5. The molecule has 12 heteroatoms. The summed E-state index contributed by atoms with van der Waals surface area (Å²) in [5, 5.41) is 3.64. The van der Waals surface area contributed by atoms with Gasteiger partial charge in [0.05, 0.1) is 11.9 Å². The van der Waals surface area contributed by atoms with Crippen molar-refractivity contribution in [2.45, 2.75) is 45.7 Å². The zero-order valence-electron chi connectivity index (χ0n) is 21.0. The number of fused-ring (bicyclic) bond motifs is 1. The summed E-state index contributed by atoms with van der Waals surface area (Å²) < 4.78 is 37.2. The SMILES string of the molecule is CCCCNC(=O)[C@@H](CC)N(Cc1ccc(Cl)cc1Cl)C(=O)CN(c1ccc2c(c1)OCO2)S(C)(=O)=O. The highest BCUT2D eigenvalue weighted by Crippen LogP contribution is 2.36. The van der Waals surface area contributed by atoms with Crippen LogP contribution >= 0.6 is 23.2 Å². The van der Waals surface area contributed by atoms with E-state index in [0.717, 1.165) is 23.4 Å². The van der Waals surface area contributed by atoms with Gasteiger partial charge in [-0.3, -0.25) is 13.9 Å². The van der Waals surface area contributed by atoms with Crippen LogP contribution in [0.15, 0.2) is 36.4 Å². The van der Waals surface area contributed by atoms with Gasteiger partial charge in [0.25, 0.3) is 0 Å². The second-order valence-corrected chi connectivity index (χ2v) is 11.4. The van der Waals surface area contributed by atoms with E-state index in [4.69, 9.17) is 32.7 Å². The molecule has 2 amide bonds. The molecule has 0 fully saturated rings. The lowest BCUT2D eigenvalue weighted by Crippen LogP contribution is -2.52. The Morgan fingerprint density at radius 3 is 2.46 bits per heavy atom. The fraction of sp³-hybridized carbons (Fsp3) is 0.440. The molecule has 0 saturated carbocycles. The number of benzene rings is 2. The highest BCUT2D eigenvalue weighted by molar-refractivity contribution is 7.92. The maximum absolute atomic E-state index is 13.7. The Balaban J connectivity index is 1.94. The Labute approximate surface area is 227 Å². The van der Waals surface area contributed by atoms with Crippen molar-refractivity contribution < 1.29 is 27.5 Å². The van der Waals surface area contributed by atoms with E-state index >= 15 is 0 Å². The van der Waals surface area contributed by atoms with Crippen LogP contribution in [0.25, 0.3) is 0 Å². The molecule has 1 atom stereocenters. The van der Waals surface area contributed by atoms with Crippen LogP contribution in [0.1, 0.15) is 38.7 Å². The van der Waals surface area contributed by atoms with Gasteiger partial charge in [0.15, 0.2) is 11.5 Å². The summed E-state index contributed by atoms with van der Waals surface area (Å²) in [6.45, 7) is 3.77. The van der Waals surface area contributed by atoms with E-state index in [9.17, 15) is 18.0 Å². The lowest BCUT2D eigenvalue weighted by Gasteiger charge is -2.33. The summed E-state index contributed by atoms with van der Waals surface area (Å²) in [5.74, 6) is -0.0163. The fourth-order valence-corrected chi connectivity index (χ4v) is 5.22. The number of anilines is 1. The summed E-state index contributed by atoms with van der Waals surface area (Å²) >= 11 is 12.4. The van der Waals surface area contributed by atoms with Crippen molar-refractivity contribution in [1.29, 1.82) is 0 Å². The van der Waals surface area contributed by atoms with E-state index in [0.29, 0.717) is 40.1 Å². The number of sulfonamides is 1. The Kier molecular flexibility index (Phi) is 9.92. The molecule has 1 aliphatic heterocycles. The molecule has 1 N–H and O–H groups in total. The Hall–Kier alpha value is -2.69. The molecule has 0 aliphatic carbocycles. The van der Waals surface area contributed by atoms with Gasteiger partial charge in [0.1, 0.15) is 12.6 Å². The summed E-state index contributed by atoms with van der Waals surface area (Å²) in [5.41, 5.74) is 0.818. The van der Waals surface area contributed by atoms with Gasteiger partial charge in [-0.05, 0) is 42.7 Å². The predicted octanol–water partition coefficient (Wildman–Crippen LogP) is 4.21. The highest BCUT2D eigenvalue weighted by atomic mass is 35.5. The van der Waals surface area contributed by atoms with E-state index in [2.05, 4.69) is 5.32 Å². The van der Waals surface area contributed by atoms with Crippen molar-refractivity contribution in [2.24, 2.45) is 0 Å². The van der Waals surface area contributed by atoms with Crippen LogP contribution in [-0.4, -0.2) is 57.3 Å². The van der Waals surface area contributed by atoms with Crippen LogP contribution in [-0.2, 0) is 26.2 Å². The number of carbonyl (C=O) groups excluding carboxylic acids is 2. The largest absolute Gasteiger partial charge is 0.454 e. The van der Waals surface area contributed by atoms with Gasteiger partial charge in [-0.25, -0.2) is 8.42 Å². The van der Waals surface area contributed by atoms with Crippen LogP contribution in [0.2, 0.25) is 10.0 Å². The van der Waals surface area contributed by atoms with Crippen molar-refractivity contribution in [3.05, 3.63) is 52.0 Å². The molecular weight excluding hydrogens is 541 g/mol. The monoisotopic (exact) mass is 571 g/mol. The van der Waals surface area contributed by atoms with E-state index in [1.54, 1.807) is 31.2 Å². The summed E-state index contributed by atoms with van der Waals surface area (Å²) in [6, 6.07) is 8.67. The number of hydrogen-bond donors (Lipinski definition) is 1. The number of nitrogens with one attached hydrogen (secondary N) is 1. The zero-order chi connectivity index (χ0) is 27.2. The second kappa shape index (κ2) is 12.7. The molecule has 2 aromatic carbocycles. The third-order valence-corrected chi connectivity index (χ3v) is 7.62. The summed E-state index contributed by atoms with van der Waals surface area (Å²) in [7, 11) is -3.88. The van der Waals surface area contributed by atoms with Crippen LogP contribution in [0.5, 0.6) is 11.5 Å². The summed E-state index contributed by atoms with van der Waals surface area (Å²) in [6.07, 6.45) is 3.03. The maximum Gasteiger partial charge on any atom is 0.244 e. The van der Waals surface area contributed by atoms with Crippen molar-refractivity contribution >= 4 is 50.7 Å². The lowest BCUT2D eigenvalue weighted by molar-refractivity contribution is -0.140. The quantitative estimate of drug-likeness (QED) is 0.382. The zero-order valence-corrected chi connectivity index (χ0v) is 23.3. The second-order valence-electron chi connectivity index (χ2n) is 8.63. The molecule has 0 saturated heterocycles. The molecule has 37 heavy (non-hydrogen) atoms. The topological polar surface area (TPSA) is 105 Å². The lowest BCUT2D eigenvalue weighted by atomic mass is 10.1. The molecule has 0 radical (unpaired) electrons. The predicted molar refractivity (Wildman–Crippen MR) is 144 cm³/mol. The molecule has 0 unspecified atom stereocenters. The first-order valence-electron chi connectivity index (χ1n) is 11.9. The van der Waals surface area contributed by atoms with Crippen LogP contribution in [0, 0.1) is 0 Å². The van der Waals surface area contributed by atoms with E-state index < -0.39 is 28.5 Å². The highest BCUT2D eigenvalue weighted by Gasteiger charge is 2.32. The first kappa shape index (κ1) is 28.9. The van der Waals surface area contributed by atoms with Gasteiger partial charge in [-0.15, -0.1) is 0 Å². The maximum atomic E-state index is 13.7. The van der Waals surface area contributed by atoms with Gasteiger partial charge < -0.3 is 19.7 Å². The van der Waals surface area contributed by atoms with Crippen LogP contribution in [0.3, 0.4) is 0 Å². The molecule has 3 rings (SSSR count). The molecular formula is C25H31Cl2N3O6S. The normalized spacial score (nSPS) is 13.2. The van der Waals surface area contributed by atoms with E-state index in [1.807, 2.05) is 6.92 Å². The molecule has 0 spiro atoms. The Morgan fingerprint density at radius 2 is 1.81 bits per heavy atom. The smallest absolute Gasteiger partial charge is 0.244 e. The molecule has 9 nitrogen and oxygen atoms in total. The summed E-state index contributed by atoms with van der Waals surface area (Å²) in [4.78, 5) is 28.2. The van der Waals surface area contributed by atoms with Crippen LogP contribution < -0.4 is 19.1 Å². The number of hydrogen-bond acceptors (Lipinski definition) is 6. The van der Waals surface area contributed by atoms with Crippen LogP contribution in [0.4, 0.5) is 5.69 Å². The minimum atomic E-state index is -3.88. The number of nitrogens with zero attached hydrogens (tertiary/aromatic N) is 2. The number of rotatable bonds is 12. The molecule has 1 aliphatic rings. The molecule has 0 aromatic heterocycles. The average molecular weight is 573 g/mol. The first-order chi connectivity index (χ1) is 17.5. The van der Waals surface area contributed by atoms with Gasteiger partial charge in [-0.2, -0.15) is 0 Å². The van der Waals surface area contributed by atoms with E-state index in [1.165, 1.54) is 17.0 Å². The van der Waals surface area contributed by atoms with Crippen molar-refractivity contribution in [2.75, 3.05) is 30.4 Å². The third kappa shape index (κ3) is 7.43. The number of unbranched alkanes of at least 4 members (excludes halogenated alkanes) is 1. The van der Waals surface area contributed by atoms with Crippen molar-refractivity contribution in [3.8, 4) is 11.5 Å². The molecule has 1 heterocycles. The number of halogens is 2. The van der Waals surface area contributed by atoms with Crippen molar-refractivity contribution in [1.82, 2.24) is 10.2 Å². The Morgan fingerprint density at radius 1 is 1.08 bits per heavy atom. The molecule has 0 bridgehead atoms. The minimum Gasteiger partial charge on any atom is -0.454 e.